The predicted molar refractivity (Wildman–Crippen MR) is 83.6 cm³/mol. The molecular formula is C16H24BrNO. The maximum atomic E-state index is 6.55. The van der Waals surface area contributed by atoms with E-state index in [1.165, 1.54) is 36.8 Å². The molecule has 2 N–H and O–H groups in total. The SMILES string of the molecule is CCCC(CCC)C(N)c1cc(Br)cc2c1OCC2. The number of hydrogen-bond donors (Lipinski definition) is 1. The minimum atomic E-state index is 0.0873. The molecule has 0 fully saturated rings. The molecule has 0 bridgehead atoms. The van der Waals surface area contributed by atoms with Crippen LogP contribution in [0.1, 0.15) is 56.7 Å². The molecule has 1 aliphatic heterocycles. The summed E-state index contributed by atoms with van der Waals surface area (Å²) in [6.07, 6.45) is 5.76. The van der Waals surface area contributed by atoms with Gasteiger partial charge in [-0.05, 0) is 36.5 Å². The fourth-order valence-electron chi connectivity index (χ4n) is 3.04. The predicted octanol–water partition coefficient (Wildman–Crippen LogP) is 4.60. The monoisotopic (exact) mass is 325 g/mol. The van der Waals surface area contributed by atoms with Crippen LogP contribution in [0.25, 0.3) is 0 Å². The number of ether oxygens (including phenoxy) is 1. The van der Waals surface area contributed by atoms with Crippen molar-refractivity contribution in [3.8, 4) is 5.75 Å². The Morgan fingerprint density at radius 2 is 1.95 bits per heavy atom. The number of nitrogens with two attached hydrogens (primary N) is 1. The van der Waals surface area contributed by atoms with E-state index in [2.05, 4.69) is 41.9 Å². The molecule has 3 heteroatoms. The van der Waals surface area contributed by atoms with Crippen molar-refractivity contribution in [3.63, 3.8) is 0 Å². The Morgan fingerprint density at radius 1 is 1.26 bits per heavy atom. The van der Waals surface area contributed by atoms with Crippen LogP contribution in [0.15, 0.2) is 16.6 Å². The second-order valence-electron chi connectivity index (χ2n) is 5.44. The minimum absolute atomic E-state index is 0.0873. The van der Waals surface area contributed by atoms with Crippen molar-refractivity contribution in [2.24, 2.45) is 11.7 Å². The summed E-state index contributed by atoms with van der Waals surface area (Å²) in [5, 5.41) is 0. The lowest BCUT2D eigenvalue weighted by atomic mass is 9.86. The zero-order valence-electron chi connectivity index (χ0n) is 11.9. The molecule has 0 amide bonds. The van der Waals surface area contributed by atoms with Crippen molar-refractivity contribution in [2.45, 2.75) is 52.0 Å². The van der Waals surface area contributed by atoms with Crippen LogP contribution >= 0.6 is 15.9 Å². The van der Waals surface area contributed by atoms with Crippen LogP contribution in [0.4, 0.5) is 0 Å². The van der Waals surface area contributed by atoms with Crippen molar-refractivity contribution in [1.82, 2.24) is 0 Å². The largest absolute Gasteiger partial charge is 0.493 e. The lowest BCUT2D eigenvalue weighted by Crippen LogP contribution is -2.22. The summed E-state index contributed by atoms with van der Waals surface area (Å²) >= 11 is 3.60. The summed E-state index contributed by atoms with van der Waals surface area (Å²) in [6, 6.07) is 4.39. The van der Waals surface area contributed by atoms with Crippen molar-refractivity contribution >= 4 is 15.9 Å². The summed E-state index contributed by atoms with van der Waals surface area (Å²) in [6.45, 7) is 5.26. The van der Waals surface area contributed by atoms with Gasteiger partial charge in [-0.2, -0.15) is 0 Å². The van der Waals surface area contributed by atoms with Crippen molar-refractivity contribution in [2.75, 3.05) is 6.61 Å². The maximum absolute atomic E-state index is 6.55. The van der Waals surface area contributed by atoms with Gasteiger partial charge in [0.05, 0.1) is 6.61 Å². The summed E-state index contributed by atoms with van der Waals surface area (Å²) in [5.74, 6) is 1.60. The van der Waals surface area contributed by atoms with E-state index in [1.54, 1.807) is 0 Å². The molecule has 0 aliphatic carbocycles. The zero-order valence-corrected chi connectivity index (χ0v) is 13.5. The second kappa shape index (κ2) is 6.76. The minimum Gasteiger partial charge on any atom is -0.493 e. The molecular weight excluding hydrogens is 302 g/mol. The molecule has 2 nitrogen and oxygen atoms in total. The van der Waals surface area contributed by atoms with Crippen molar-refractivity contribution in [1.29, 1.82) is 0 Å². The molecule has 1 aromatic rings. The van der Waals surface area contributed by atoms with Crippen LogP contribution in [0.5, 0.6) is 5.75 Å². The first-order valence-electron chi connectivity index (χ1n) is 7.38. The van der Waals surface area contributed by atoms with Gasteiger partial charge in [0, 0.05) is 22.5 Å². The maximum Gasteiger partial charge on any atom is 0.127 e. The first-order valence-corrected chi connectivity index (χ1v) is 8.17. The van der Waals surface area contributed by atoms with E-state index in [4.69, 9.17) is 10.5 Å². The topological polar surface area (TPSA) is 35.2 Å². The van der Waals surface area contributed by atoms with Crippen LogP contribution in [-0.2, 0) is 6.42 Å². The van der Waals surface area contributed by atoms with E-state index < -0.39 is 0 Å². The van der Waals surface area contributed by atoms with E-state index in [1.807, 2.05) is 0 Å². The van der Waals surface area contributed by atoms with Gasteiger partial charge in [-0.15, -0.1) is 0 Å². The van der Waals surface area contributed by atoms with Crippen LogP contribution in [0, 0.1) is 5.92 Å². The average molecular weight is 326 g/mol. The summed E-state index contributed by atoms with van der Waals surface area (Å²) in [4.78, 5) is 0. The highest BCUT2D eigenvalue weighted by atomic mass is 79.9. The molecule has 19 heavy (non-hydrogen) atoms. The Labute approximate surface area is 124 Å². The molecule has 1 atom stereocenters. The smallest absolute Gasteiger partial charge is 0.127 e. The lowest BCUT2D eigenvalue weighted by Gasteiger charge is -2.25. The summed E-state index contributed by atoms with van der Waals surface area (Å²) in [7, 11) is 0. The molecule has 106 valence electrons. The van der Waals surface area contributed by atoms with Crippen LogP contribution < -0.4 is 10.5 Å². The lowest BCUT2D eigenvalue weighted by molar-refractivity contribution is 0.330. The number of benzene rings is 1. The van der Waals surface area contributed by atoms with Gasteiger partial charge >= 0.3 is 0 Å². The fourth-order valence-corrected chi connectivity index (χ4v) is 3.57. The number of hydrogen-bond acceptors (Lipinski definition) is 2. The summed E-state index contributed by atoms with van der Waals surface area (Å²) in [5.41, 5.74) is 9.04. The second-order valence-corrected chi connectivity index (χ2v) is 6.36. The van der Waals surface area contributed by atoms with E-state index in [0.29, 0.717) is 5.92 Å². The third kappa shape index (κ3) is 3.32. The third-order valence-electron chi connectivity index (χ3n) is 3.96. The van der Waals surface area contributed by atoms with Gasteiger partial charge < -0.3 is 10.5 Å². The van der Waals surface area contributed by atoms with Gasteiger partial charge in [-0.1, -0.05) is 42.6 Å². The summed E-state index contributed by atoms with van der Waals surface area (Å²) < 4.78 is 6.93. The first-order chi connectivity index (χ1) is 9.17. The normalized spacial score (nSPS) is 15.4. The van der Waals surface area contributed by atoms with Gasteiger partial charge in [-0.3, -0.25) is 0 Å². The number of rotatable bonds is 6. The Morgan fingerprint density at radius 3 is 2.58 bits per heavy atom. The zero-order chi connectivity index (χ0) is 13.8. The fraction of sp³-hybridized carbons (Fsp3) is 0.625. The van der Waals surface area contributed by atoms with Gasteiger partial charge in [-0.25, -0.2) is 0 Å². The van der Waals surface area contributed by atoms with E-state index in [-0.39, 0.29) is 6.04 Å². The van der Waals surface area contributed by atoms with Gasteiger partial charge in [0.1, 0.15) is 5.75 Å². The molecule has 0 saturated carbocycles. The molecule has 1 unspecified atom stereocenters. The molecule has 1 heterocycles. The third-order valence-corrected chi connectivity index (χ3v) is 4.42. The van der Waals surface area contributed by atoms with Crippen LogP contribution in [0.3, 0.4) is 0 Å². The van der Waals surface area contributed by atoms with E-state index in [0.717, 1.165) is 23.2 Å². The van der Waals surface area contributed by atoms with Crippen molar-refractivity contribution < 1.29 is 4.74 Å². The highest BCUT2D eigenvalue weighted by Gasteiger charge is 2.25. The van der Waals surface area contributed by atoms with E-state index in [9.17, 15) is 0 Å². The molecule has 0 aromatic heterocycles. The van der Waals surface area contributed by atoms with Crippen LogP contribution in [-0.4, -0.2) is 6.61 Å². The molecule has 0 saturated heterocycles. The Kier molecular flexibility index (Phi) is 5.28. The number of halogens is 1. The molecule has 0 radical (unpaired) electrons. The molecule has 2 rings (SSSR count). The molecule has 0 spiro atoms. The Bertz CT molecular complexity index is 427. The average Bonchev–Trinajstić information content (AvgIpc) is 2.84. The number of fused-ring (bicyclic) bond motifs is 1. The van der Waals surface area contributed by atoms with Gasteiger partial charge in [0.15, 0.2) is 0 Å². The highest BCUT2D eigenvalue weighted by molar-refractivity contribution is 9.10. The first kappa shape index (κ1) is 14.9. The van der Waals surface area contributed by atoms with Gasteiger partial charge in [0.25, 0.3) is 0 Å². The van der Waals surface area contributed by atoms with Gasteiger partial charge in [0.2, 0.25) is 0 Å². The van der Waals surface area contributed by atoms with Crippen LogP contribution in [0.2, 0.25) is 0 Å². The molecule has 1 aliphatic rings. The standard InChI is InChI=1S/C16H24BrNO/c1-3-5-11(6-4-2)15(18)14-10-13(17)9-12-7-8-19-16(12)14/h9-11,15H,3-8,18H2,1-2H3. The Balaban J connectivity index is 2.29. The highest BCUT2D eigenvalue weighted by Crippen LogP contribution is 2.39. The Hall–Kier alpha value is -0.540. The van der Waals surface area contributed by atoms with Crippen molar-refractivity contribution in [3.05, 3.63) is 27.7 Å². The quantitative estimate of drug-likeness (QED) is 0.829. The molecule has 1 aromatic carbocycles. The van der Waals surface area contributed by atoms with E-state index >= 15 is 0 Å².